The molecule has 164 valence electrons. The summed E-state index contributed by atoms with van der Waals surface area (Å²) in [6.45, 7) is 5.23. The SMILES string of the molecule is COc1cccc(CC(=O)N2CC(CNC(=O)N3CCCC3)C3(CCOCC3)C2)c1. The van der Waals surface area contributed by atoms with Gasteiger partial charge in [-0.1, -0.05) is 12.1 Å². The van der Waals surface area contributed by atoms with Crippen molar-refractivity contribution in [2.24, 2.45) is 11.3 Å². The van der Waals surface area contributed by atoms with Gasteiger partial charge in [0.05, 0.1) is 13.5 Å². The molecule has 0 saturated carbocycles. The van der Waals surface area contributed by atoms with Crippen LogP contribution in [0, 0.1) is 11.3 Å². The molecule has 30 heavy (non-hydrogen) atoms. The minimum absolute atomic E-state index is 0.0378. The van der Waals surface area contributed by atoms with E-state index in [0.717, 1.165) is 69.8 Å². The van der Waals surface area contributed by atoms with Gasteiger partial charge in [0.25, 0.3) is 0 Å². The molecule has 3 aliphatic heterocycles. The average molecular weight is 416 g/mol. The van der Waals surface area contributed by atoms with Crippen LogP contribution in [0.2, 0.25) is 0 Å². The fraction of sp³-hybridized carbons (Fsp3) is 0.652. The Hall–Kier alpha value is -2.28. The molecule has 3 aliphatic rings. The summed E-state index contributed by atoms with van der Waals surface area (Å²) in [5.74, 6) is 1.18. The minimum Gasteiger partial charge on any atom is -0.497 e. The van der Waals surface area contributed by atoms with Gasteiger partial charge in [-0.2, -0.15) is 0 Å². The third kappa shape index (κ3) is 4.56. The van der Waals surface area contributed by atoms with Gasteiger partial charge in [-0.25, -0.2) is 4.79 Å². The number of nitrogens with one attached hydrogen (secondary N) is 1. The van der Waals surface area contributed by atoms with Crippen molar-refractivity contribution in [3.8, 4) is 5.75 Å². The zero-order valence-corrected chi connectivity index (χ0v) is 17.9. The predicted octanol–water partition coefficient (Wildman–Crippen LogP) is 2.30. The number of hydrogen-bond acceptors (Lipinski definition) is 4. The lowest BCUT2D eigenvalue weighted by atomic mass is 9.72. The molecule has 0 radical (unpaired) electrons. The summed E-state index contributed by atoms with van der Waals surface area (Å²) >= 11 is 0. The molecule has 0 aliphatic carbocycles. The highest BCUT2D eigenvalue weighted by atomic mass is 16.5. The van der Waals surface area contributed by atoms with E-state index in [4.69, 9.17) is 9.47 Å². The Bertz CT molecular complexity index is 757. The highest BCUT2D eigenvalue weighted by Crippen LogP contribution is 2.44. The molecule has 3 saturated heterocycles. The van der Waals surface area contributed by atoms with Gasteiger partial charge >= 0.3 is 6.03 Å². The maximum absolute atomic E-state index is 13.1. The highest BCUT2D eigenvalue weighted by molar-refractivity contribution is 5.79. The summed E-state index contributed by atoms with van der Waals surface area (Å²) in [6, 6.07) is 7.73. The van der Waals surface area contributed by atoms with Crippen LogP contribution in [-0.2, 0) is 16.0 Å². The molecule has 0 bridgehead atoms. The molecule has 7 heteroatoms. The van der Waals surface area contributed by atoms with Crippen LogP contribution in [-0.4, -0.2) is 74.8 Å². The van der Waals surface area contributed by atoms with Crippen LogP contribution in [0.15, 0.2) is 24.3 Å². The van der Waals surface area contributed by atoms with Crippen molar-refractivity contribution < 1.29 is 19.1 Å². The summed E-state index contributed by atoms with van der Waals surface area (Å²) < 4.78 is 10.9. The largest absolute Gasteiger partial charge is 0.497 e. The number of benzene rings is 1. The van der Waals surface area contributed by atoms with Crippen molar-refractivity contribution >= 4 is 11.9 Å². The highest BCUT2D eigenvalue weighted by Gasteiger charge is 2.48. The Kier molecular flexibility index (Phi) is 6.46. The van der Waals surface area contributed by atoms with Crippen LogP contribution in [0.25, 0.3) is 0 Å². The van der Waals surface area contributed by atoms with E-state index in [1.807, 2.05) is 34.1 Å². The van der Waals surface area contributed by atoms with E-state index in [2.05, 4.69) is 5.32 Å². The third-order valence-electron chi connectivity index (χ3n) is 7.04. The number of likely N-dealkylation sites (tertiary alicyclic amines) is 2. The smallest absolute Gasteiger partial charge is 0.317 e. The molecule has 1 aromatic rings. The van der Waals surface area contributed by atoms with Crippen molar-refractivity contribution in [1.82, 2.24) is 15.1 Å². The van der Waals surface area contributed by atoms with Crippen molar-refractivity contribution in [1.29, 1.82) is 0 Å². The lowest BCUT2D eigenvalue weighted by molar-refractivity contribution is -0.130. The fourth-order valence-corrected chi connectivity index (χ4v) is 5.16. The number of urea groups is 1. The Morgan fingerprint density at radius 2 is 1.97 bits per heavy atom. The summed E-state index contributed by atoms with van der Waals surface area (Å²) in [5.41, 5.74) is 1.01. The summed E-state index contributed by atoms with van der Waals surface area (Å²) in [6.07, 6.45) is 4.44. The number of carbonyl (C=O) groups is 2. The first-order chi connectivity index (χ1) is 14.6. The Morgan fingerprint density at radius 1 is 1.20 bits per heavy atom. The molecule has 1 atom stereocenters. The molecule has 1 N–H and O–H groups in total. The van der Waals surface area contributed by atoms with Crippen LogP contribution in [0.3, 0.4) is 0 Å². The maximum atomic E-state index is 13.1. The first kappa shape index (κ1) is 21.0. The second-order valence-electron chi connectivity index (χ2n) is 8.85. The number of methoxy groups -OCH3 is 1. The molecular formula is C23H33N3O4. The molecule has 1 aromatic carbocycles. The van der Waals surface area contributed by atoms with Gasteiger partial charge in [-0.3, -0.25) is 4.79 Å². The fourth-order valence-electron chi connectivity index (χ4n) is 5.16. The van der Waals surface area contributed by atoms with E-state index in [1.165, 1.54) is 0 Å². The van der Waals surface area contributed by atoms with Crippen molar-refractivity contribution in [2.45, 2.75) is 32.1 Å². The predicted molar refractivity (Wildman–Crippen MR) is 113 cm³/mol. The van der Waals surface area contributed by atoms with E-state index in [0.29, 0.717) is 19.5 Å². The number of nitrogens with zero attached hydrogens (tertiary/aromatic N) is 2. The summed E-state index contributed by atoms with van der Waals surface area (Å²) in [7, 11) is 1.64. The van der Waals surface area contributed by atoms with Gasteiger partial charge in [0.1, 0.15) is 5.75 Å². The molecule has 3 heterocycles. The lowest BCUT2D eigenvalue weighted by Crippen LogP contribution is -2.45. The molecule has 3 amide bonds. The zero-order valence-electron chi connectivity index (χ0n) is 17.9. The summed E-state index contributed by atoms with van der Waals surface area (Å²) in [4.78, 5) is 29.5. The third-order valence-corrected chi connectivity index (χ3v) is 7.04. The van der Waals surface area contributed by atoms with Crippen LogP contribution >= 0.6 is 0 Å². The van der Waals surface area contributed by atoms with Gasteiger partial charge in [0, 0.05) is 51.9 Å². The first-order valence-electron chi connectivity index (χ1n) is 11.1. The molecular weight excluding hydrogens is 382 g/mol. The van der Waals surface area contributed by atoms with Gasteiger partial charge < -0.3 is 24.6 Å². The number of hydrogen-bond donors (Lipinski definition) is 1. The van der Waals surface area contributed by atoms with Crippen molar-refractivity contribution in [3.63, 3.8) is 0 Å². The Labute approximate surface area is 178 Å². The molecule has 1 unspecified atom stereocenters. The number of amides is 3. The van der Waals surface area contributed by atoms with Crippen LogP contribution in [0.1, 0.15) is 31.2 Å². The Balaban J connectivity index is 1.40. The lowest BCUT2D eigenvalue weighted by Gasteiger charge is -2.38. The number of carbonyl (C=O) groups excluding carboxylic acids is 2. The normalized spacial score (nSPS) is 23.0. The second-order valence-corrected chi connectivity index (χ2v) is 8.85. The van der Waals surface area contributed by atoms with Gasteiger partial charge in [-0.15, -0.1) is 0 Å². The number of ether oxygens (including phenoxy) is 2. The topological polar surface area (TPSA) is 71.1 Å². The quantitative estimate of drug-likeness (QED) is 0.801. The van der Waals surface area contributed by atoms with E-state index in [9.17, 15) is 9.59 Å². The maximum Gasteiger partial charge on any atom is 0.317 e. The number of rotatable bonds is 5. The minimum atomic E-state index is 0.0378. The van der Waals surface area contributed by atoms with Crippen LogP contribution < -0.4 is 10.1 Å². The van der Waals surface area contributed by atoms with E-state index in [-0.39, 0.29) is 23.3 Å². The zero-order chi connectivity index (χ0) is 21.0. The van der Waals surface area contributed by atoms with E-state index < -0.39 is 0 Å². The van der Waals surface area contributed by atoms with Gasteiger partial charge in [0.2, 0.25) is 5.91 Å². The summed E-state index contributed by atoms with van der Waals surface area (Å²) in [5, 5.41) is 3.15. The molecule has 0 aromatic heterocycles. The standard InChI is InChI=1S/C23H33N3O4/c1-29-20-6-4-5-18(13-20)14-21(27)26-16-19(23(17-26)7-11-30-12-8-23)15-24-22(28)25-9-2-3-10-25/h4-6,13,19H,2-3,7-12,14-17H2,1H3,(H,24,28). The monoisotopic (exact) mass is 415 g/mol. The van der Waals surface area contributed by atoms with Crippen LogP contribution in [0.5, 0.6) is 5.75 Å². The average Bonchev–Trinajstić information content (AvgIpc) is 3.42. The Morgan fingerprint density at radius 3 is 2.70 bits per heavy atom. The van der Waals surface area contributed by atoms with Crippen molar-refractivity contribution in [2.75, 3.05) is 53.0 Å². The first-order valence-corrected chi connectivity index (χ1v) is 11.1. The van der Waals surface area contributed by atoms with Crippen molar-refractivity contribution in [3.05, 3.63) is 29.8 Å². The van der Waals surface area contributed by atoms with E-state index >= 15 is 0 Å². The molecule has 3 fully saturated rings. The molecule has 7 nitrogen and oxygen atoms in total. The molecule has 1 spiro atoms. The second kappa shape index (κ2) is 9.25. The van der Waals surface area contributed by atoms with Crippen LogP contribution in [0.4, 0.5) is 4.79 Å². The van der Waals surface area contributed by atoms with Gasteiger partial charge in [-0.05, 0) is 48.8 Å². The van der Waals surface area contributed by atoms with E-state index in [1.54, 1.807) is 7.11 Å². The molecule has 4 rings (SSSR count). The van der Waals surface area contributed by atoms with Gasteiger partial charge in [0.15, 0.2) is 0 Å².